The largest absolute Gasteiger partial charge is 0.381 e. The predicted molar refractivity (Wildman–Crippen MR) is 56.9 cm³/mol. The van der Waals surface area contributed by atoms with Crippen LogP contribution in [-0.2, 0) is 14.8 Å². The Morgan fingerprint density at radius 2 is 1.77 bits per heavy atom. The fraction of sp³-hybridized carbons (Fsp3) is 1.00. The number of primary sulfonamides is 1. The average molecular weight is 225 g/mol. The highest BCUT2D eigenvalue weighted by Crippen LogP contribution is 2.07. The van der Waals surface area contributed by atoms with Crippen molar-refractivity contribution < 1.29 is 13.2 Å². The second kappa shape index (κ2) is 5.09. The summed E-state index contributed by atoms with van der Waals surface area (Å²) in [5, 5.41) is 4.80. The van der Waals surface area contributed by atoms with Gasteiger partial charge < -0.3 is 4.74 Å². The monoisotopic (exact) mass is 225 g/mol. The third kappa shape index (κ3) is 12.1. The molecule has 0 amide bonds. The molecule has 0 saturated carbocycles. The molecule has 2 N–H and O–H groups in total. The molecule has 0 aliphatic heterocycles. The van der Waals surface area contributed by atoms with Gasteiger partial charge in [0.2, 0.25) is 10.0 Å². The summed E-state index contributed by atoms with van der Waals surface area (Å²) in [5.41, 5.74) is 0. The van der Waals surface area contributed by atoms with Crippen molar-refractivity contribution in [3.63, 3.8) is 0 Å². The van der Waals surface area contributed by atoms with Gasteiger partial charge in [0.05, 0.1) is 12.4 Å². The first-order valence-corrected chi connectivity index (χ1v) is 9.71. The van der Waals surface area contributed by atoms with E-state index in [1.165, 1.54) is 0 Å². The van der Waals surface area contributed by atoms with Gasteiger partial charge in [0.15, 0.2) is 0 Å². The molecule has 6 heteroatoms. The van der Waals surface area contributed by atoms with Crippen molar-refractivity contribution in [1.82, 2.24) is 0 Å². The molecule has 0 atom stereocenters. The van der Waals surface area contributed by atoms with Crippen molar-refractivity contribution in [2.45, 2.75) is 25.7 Å². The Bertz CT molecular complexity index is 233. The summed E-state index contributed by atoms with van der Waals surface area (Å²) >= 11 is 0. The van der Waals surface area contributed by atoms with Crippen LogP contribution in [0.25, 0.3) is 0 Å². The third-order valence-corrected chi connectivity index (χ3v) is 3.95. The van der Waals surface area contributed by atoms with Crippen LogP contribution < -0.4 is 5.14 Å². The summed E-state index contributed by atoms with van der Waals surface area (Å²) in [7, 11) is -4.41. The van der Waals surface area contributed by atoms with Gasteiger partial charge in [0.25, 0.3) is 0 Å². The molecular formula is C7H19NO3SSi. The zero-order valence-corrected chi connectivity index (χ0v) is 10.4. The van der Waals surface area contributed by atoms with Crippen LogP contribution in [0.2, 0.25) is 25.7 Å². The van der Waals surface area contributed by atoms with E-state index in [0.717, 1.165) is 6.04 Å². The lowest BCUT2D eigenvalue weighted by molar-refractivity contribution is 0.162. The number of hydrogen-bond donors (Lipinski definition) is 1. The predicted octanol–water partition coefficient (Wildman–Crippen LogP) is 0.630. The number of nitrogens with two attached hydrogens (primary N) is 1. The van der Waals surface area contributed by atoms with Crippen LogP contribution in [0.15, 0.2) is 0 Å². The van der Waals surface area contributed by atoms with Gasteiger partial charge in [0.1, 0.15) is 0 Å². The lowest BCUT2D eigenvalue weighted by atomic mass is 10.8. The molecule has 0 spiro atoms. The molecule has 13 heavy (non-hydrogen) atoms. The minimum absolute atomic E-state index is 0.0846. The fourth-order valence-electron chi connectivity index (χ4n) is 0.655. The van der Waals surface area contributed by atoms with E-state index in [1.807, 2.05) is 0 Å². The van der Waals surface area contributed by atoms with Gasteiger partial charge in [-0.15, -0.1) is 0 Å². The highest BCUT2D eigenvalue weighted by molar-refractivity contribution is 7.89. The Hall–Kier alpha value is 0.0869. The molecule has 0 bridgehead atoms. The van der Waals surface area contributed by atoms with E-state index in [1.54, 1.807) is 0 Å². The van der Waals surface area contributed by atoms with E-state index >= 15 is 0 Å². The second-order valence-electron chi connectivity index (χ2n) is 4.29. The summed E-state index contributed by atoms with van der Waals surface area (Å²) in [6.07, 6.45) is 0. The van der Waals surface area contributed by atoms with Crippen LogP contribution >= 0.6 is 0 Å². The van der Waals surface area contributed by atoms with Crippen LogP contribution in [-0.4, -0.2) is 35.5 Å². The van der Waals surface area contributed by atoms with Gasteiger partial charge in [-0.25, -0.2) is 13.6 Å². The number of hydrogen-bond acceptors (Lipinski definition) is 3. The summed E-state index contributed by atoms with van der Waals surface area (Å²) in [5.74, 6) is -0.0846. The Morgan fingerprint density at radius 3 is 2.15 bits per heavy atom. The molecule has 0 unspecified atom stereocenters. The normalized spacial score (nSPS) is 13.2. The zero-order chi connectivity index (χ0) is 10.5. The van der Waals surface area contributed by atoms with E-state index in [2.05, 4.69) is 19.6 Å². The maximum Gasteiger partial charge on any atom is 0.211 e. The van der Waals surface area contributed by atoms with Gasteiger partial charge in [-0.3, -0.25) is 0 Å². The maximum absolute atomic E-state index is 10.5. The molecule has 0 saturated heterocycles. The molecule has 0 heterocycles. The average Bonchev–Trinajstić information content (AvgIpc) is 1.81. The minimum Gasteiger partial charge on any atom is -0.381 e. The molecule has 0 aliphatic carbocycles. The second-order valence-corrected chi connectivity index (χ2v) is 11.6. The molecule has 0 aromatic rings. The molecule has 4 nitrogen and oxygen atoms in total. The molecule has 0 aromatic heterocycles. The lowest BCUT2D eigenvalue weighted by Gasteiger charge is -2.14. The molecule has 0 rings (SSSR count). The zero-order valence-electron chi connectivity index (χ0n) is 8.54. The van der Waals surface area contributed by atoms with Gasteiger partial charge >= 0.3 is 0 Å². The van der Waals surface area contributed by atoms with E-state index in [0.29, 0.717) is 6.61 Å². The van der Waals surface area contributed by atoms with Gasteiger partial charge in [-0.2, -0.15) is 0 Å². The van der Waals surface area contributed by atoms with E-state index in [-0.39, 0.29) is 12.4 Å². The van der Waals surface area contributed by atoms with E-state index in [4.69, 9.17) is 9.88 Å². The van der Waals surface area contributed by atoms with Gasteiger partial charge in [-0.1, -0.05) is 19.6 Å². The molecule has 0 aromatic carbocycles. The van der Waals surface area contributed by atoms with Crippen LogP contribution in [0, 0.1) is 0 Å². The molecule has 0 radical (unpaired) electrons. The van der Waals surface area contributed by atoms with Gasteiger partial charge in [-0.05, 0) is 6.04 Å². The van der Waals surface area contributed by atoms with Crippen molar-refractivity contribution in [3.05, 3.63) is 0 Å². The van der Waals surface area contributed by atoms with Crippen LogP contribution in [0.5, 0.6) is 0 Å². The van der Waals surface area contributed by atoms with Crippen LogP contribution in [0.4, 0.5) is 0 Å². The fourth-order valence-corrected chi connectivity index (χ4v) is 1.76. The molecule has 0 fully saturated rings. The highest BCUT2D eigenvalue weighted by Gasteiger charge is 2.12. The molecular weight excluding hydrogens is 206 g/mol. The maximum atomic E-state index is 10.5. The first-order valence-electron chi connectivity index (χ1n) is 4.29. The molecule has 80 valence electrons. The number of rotatable bonds is 6. The standard InChI is InChI=1S/C7H19NO3SSi/c1-13(2,3)7-5-11-4-6-12(8,9)10/h4-7H2,1-3H3,(H2,8,9,10). The Kier molecular flexibility index (Phi) is 5.12. The Balaban J connectivity index is 3.39. The van der Waals surface area contributed by atoms with Crippen LogP contribution in [0.3, 0.4) is 0 Å². The number of sulfonamides is 1. The summed E-state index contributed by atoms with van der Waals surface area (Å²) in [6.45, 7) is 7.59. The SMILES string of the molecule is C[Si](C)(C)CCOCCS(N)(=O)=O. The van der Waals surface area contributed by atoms with Gasteiger partial charge in [0, 0.05) is 14.7 Å². The minimum atomic E-state index is -3.35. The van der Waals surface area contributed by atoms with Crippen molar-refractivity contribution in [2.75, 3.05) is 19.0 Å². The van der Waals surface area contributed by atoms with E-state index in [9.17, 15) is 8.42 Å². The van der Waals surface area contributed by atoms with Crippen LogP contribution in [0.1, 0.15) is 0 Å². The first kappa shape index (κ1) is 13.1. The highest BCUT2D eigenvalue weighted by atomic mass is 32.2. The topological polar surface area (TPSA) is 69.4 Å². The Labute approximate surface area is 81.5 Å². The summed E-state index contributed by atoms with van der Waals surface area (Å²) < 4.78 is 26.2. The number of ether oxygens (including phenoxy) is 1. The summed E-state index contributed by atoms with van der Waals surface area (Å²) in [4.78, 5) is 0. The summed E-state index contributed by atoms with van der Waals surface area (Å²) in [6, 6.07) is 1.05. The van der Waals surface area contributed by atoms with E-state index < -0.39 is 18.1 Å². The van der Waals surface area contributed by atoms with Crippen molar-refractivity contribution >= 4 is 18.1 Å². The smallest absolute Gasteiger partial charge is 0.211 e. The van der Waals surface area contributed by atoms with Crippen molar-refractivity contribution in [1.29, 1.82) is 0 Å². The third-order valence-electron chi connectivity index (χ3n) is 1.51. The Morgan fingerprint density at radius 1 is 1.23 bits per heavy atom. The first-order chi connectivity index (χ1) is 5.71. The van der Waals surface area contributed by atoms with Crippen molar-refractivity contribution in [3.8, 4) is 0 Å². The molecule has 0 aliphatic rings. The van der Waals surface area contributed by atoms with Crippen molar-refractivity contribution in [2.24, 2.45) is 5.14 Å². The quantitative estimate of drug-likeness (QED) is 0.532. The lowest BCUT2D eigenvalue weighted by Crippen LogP contribution is -2.24.